The molecule has 6 nitrogen and oxygen atoms in total. The van der Waals surface area contributed by atoms with Crippen molar-refractivity contribution in [1.29, 1.82) is 0 Å². The molecule has 15 heteroatoms. The van der Waals surface area contributed by atoms with Gasteiger partial charge in [0, 0.05) is 49.4 Å². The number of amides is 2. The van der Waals surface area contributed by atoms with Crippen molar-refractivity contribution in [2.24, 2.45) is 5.41 Å². The Hall–Kier alpha value is -3.13. The van der Waals surface area contributed by atoms with Gasteiger partial charge >= 0.3 is 12.4 Å². The lowest BCUT2D eigenvalue weighted by Crippen LogP contribution is -2.52. The average molecular weight is 627 g/mol. The molecule has 0 spiro atoms. The Balaban J connectivity index is 1.45. The lowest BCUT2D eigenvalue weighted by molar-refractivity contribution is -0.192. The van der Waals surface area contributed by atoms with E-state index < -0.39 is 78.2 Å². The second kappa shape index (κ2) is 11.9. The highest BCUT2D eigenvalue weighted by atomic mass is 35.5. The van der Waals surface area contributed by atoms with Crippen molar-refractivity contribution in [2.45, 2.75) is 51.1 Å². The average Bonchev–Trinajstić information content (AvgIpc) is 3.72. The molecule has 0 radical (unpaired) electrons. The lowest BCUT2D eigenvalue weighted by atomic mass is 10.0. The monoisotopic (exact) mass is 626 g/mol. The summed E-state index contributed by atoms with van der Waals surface area (Å²) in [6.07, 6.45) is -10.8. The number of nitrogens with zero attached hydrogens (tertiary/aromatic N) is 2. The molecule has 230 valence electrons. The minimum atomic E-state index is -4.76. The van der Waals surface area contributed by atoms with E-state index in [1.54, 1.807) is 11.8 Å². The number of benzene rings is 2. The van der Waals surface area contributed by atoms with Gasteiger partial charge in [0.25, 0.3) is 5.91 Å². The SMILES string of the molecule is C[C@@H]1CN(CCC(F)(F)F)CCN1c1cc(Cl)ccc1NC(=O)c1ccc(CNC(=O)C2(C(F)(F)F)CC2)c(F)c1F. The largest absolute Gasteiger partial charge is 0.403 e. The summed E-state index contributed by atoms with van der Waals surface area (Å²) in [4.78, 5) is 28.5. The fraction of sp³-hybridized carbons (Fsp3) is 0.481. The topological polar surface area (TPSA) is 64.7 Å². The minimum absolute atomic E-state index is 0.158. The number of alkyl halides is 6. The summed E-state index contributed by atoms with van der Waals surface area (Å²) in [5.41, 5.74) is -3.04. The highest BCUT2D eigenvalue weighted by Gasteiger charge is 2.68. The fourth-order valence-electron chi connectivity index (χ4n) is 4.93. The van der Waals surface area contributed by atoms with E-state index in [9.17, 15) is 44.7 Å². The predicted molar refractivity (Wildman–Crippen MR) is 139 cm³/mol. The molecule has 2 amide bonds. The number of nitrogens with one attached hydrogen (secondary N) is 2. The van der Waals surface area contributed by atoms with E-state index in [-0.39, 0.29) is 18.3 Å². The molecular formula is C27H27ClF8N4O2. The molecule has 2 aliphatic rings. The highest BCUT2D eigenvalue weighted by Crippen LogP contribution is 2.57. The third-order valence-electron chi connectivity index (χ3n) is 7.51. The van der Waals surface area contributed by atoms with Crippen LogP contribution in [-0.2, 0) is 11.3 Å². The van der Waals surface area contributed by atoms with Gasteiger partial charge in [0.1, 0.15) is 5.41 Å². The molecule has 2 fully saturated rings. The Labute approximate surface area is 241 Å². The molecule has 1 saturated heterocycles. The van der Waals surface area contributed by atoms with E-state index in [1.165, 1.54) is 18.2 Å². The molecule has 0 bridgehead atoms. The second-order valence-electron chi connectivity index (χ2n) is 10.5. The van der Waals surface area contributed by atoms with Crippen LogP contribution < -0.4 is 15.5 Å². The van der Waals surface area contributed by atoms with Crippen LogP contribution in [0.1, 0.15) is 42.1 Å². The number of halogens is 9. The van der Waals surface area contributed by atoms with Crippen molar-refractivity contribution in [3.05, 3.63) is 58.1 Å². The number of anilines is 2. The molecule has 1 heterocycles. The van der Waals surface area contributed by atoms with E-state index in [0.717, 1.165) is 12.1 Å². The predicted octanol–water partition coefficient (Wildman–Crippen LogP) is 6.29. The Kier molecular flexibility index (Phi) is 8.98. The molecule has 1 saturated carbocycles. The summed E-state index contributed by atoms with van der Waals surface area (Å²) in [5.74, 6) is -5.42. The van der Waals surface area contributed by atoms with Crippen molar-refractivity contribution in [3.8, 4) is 0 Å². The van der Waals surface area contributed by atoms with Gasteiger partial charge in [-0.05, 0) is 44.0 Å². The Morgan fingerprint density at radius 2 is 1.71 bits per heavy atom. The summed E-state index contributed by atoms with van der Waals surface area (Å²) in [7, 11) is 0. The smallest absolute Gasteiger partial charge is 0.365 e. The van der Waals surface area contributed by atoms with Crippen LogP contribution in [-0.4, -0.2) is 61.3 Å². The first kappa shape index (κ1) is 31.8. The molecular weight excluding hydrogens is 600 g/mol. The molecule has 1 aliphatic carbocycles. The molecule has 2 aromatic rings. The second-order valence-corrected chi connectivity index (χ2v) is 10.9. The first-order valence-electron chi connectivity index (χ1n) is 13.0. The summed E-state index contributed by atoms with van der Waals surface area (Å²) in [6, 6.07) is 6.10. The van der Waals surface area contributed by atoms with Gasteiger partial charge in [0.05, 0.1) is 23.4 Å². The molecule has 42 heavy (non-hydrogen) atoms. The minimum Gasteiger partial charge on any atom is -0.365 e. The van der Waals surface area contributed by atoms with Crippen LogP contribution >= 0.6 is 11.6 Å². The van der Waals surface area contributed by atoms with Crippen LogP contribution in [0.4, 0.5) is 46.5 Å². The Bertz CT molecular complexity index is 1350. The molecule has 1 atom stereocenters. The van der Waals surface area contributed by atoms with Gasteiger partial charge in [-0.15, -0.1) is 0 Å². The summed E-state index contributed by atoms with van der Waals surface area (Å²) in [6.45, 7) is 1.84. The third kappa shape index (κ3) is 6.91. The zero-order valence-corrected chi connectivity index (χ0v) is 23.0. The van der Waals surface area contributed by atoms with Gasteiger partial charge in [-0.2, -0.15) is 26.3 Å². The van der Waals surface area contributed by atoms with Crippen LogP contribution in [0.5, 0.6) is 0 Å². The summed E-state index contributed by atoms with van der Waals surface area (Å²) in [5, 5.41) is 4.80. The van der Waals surface area contributed by atoms with Crippen molar-refractivity contribution in [1.82, 2.24) is 10.2 Å². The standard InChI is InChI=1S/C27H27ClF8N4O2/c1-15-14-39(9-8-26(31,32)33)10-11-40(15)20-12-17(28)3-5-19(20)38-23(41)18-4-2-16(21(29)22(18)30)13-37-24(42)25(6-7-25)27(34,35)36/h2-5,12,15H,6-11,13-14H2,1H3,(H,37,42)(H,38,41)/t15-/m1/s1. The van der Waals surface area contributed by atoms with Gasteiger partial charge in [-0.25, -0.2) is 8.78 Å². The number of hydrogen-bond donors (Lipinski definition) is 2. The molecule has 4 rings (SSSR count). The van der Waals surface area contributed by atoms with Gasteiger partial charge in [0.15, 0.2) is 11.6 Å². The van der Waals surface area contributed by atoms with Crippen LogP contribution in [0.25, 0.3) is 0 Å². The number of carbonyl (C=O) groups is 2. The zero-order chi connectivity index (χ0) is 31.0. The van der Waals surface area contributed by atoms with E-state index >= 15 is 0 Å². The van der Waals surface area contributed by atoms with Gasteiger partial charge < -0.3 is 15.5 Å². The molecule has 1 aliphatic heterocycles. The quantitative estimate of drug-likeness (QED) is 0.338. The Morgan fingerprint density at radius 3 is 2.31 bits per heavy atom. The lowest BCUT2D eigenvalue weighted by Gasteiger charge is -2.42. The highest BCUT2D eigenvalue weighted by molar-refractivity contribution is 6.31. The van der Waals surface area contributed by atoms with E-state index in [4.69, 9.17) is 11.6 Å². The van der Waals surface area contributed by atoms with Crippen LogP contribution in [0, 0.1) is 17.0 Å². The summed E-state index contributed by atoms with van der Waals surface area (Å²) < 4.78 is 107. The number of piperazine rings is 1. The first-order chi connectivity index (χ1) is 19.5. The molecule has 2 N–H and O–H groups in total. The van der Waals surface area contributed by atoms with Gasteiger partial charge in [0.2, 0.25) is 5.91 Å². The normalized spacial score (nSPS) is 19.0. The number of rotatable bonds is 8. The van der Waals surface area contributed by atoms with E-state index in [2.05, 4.69) is 5.32 Å². The third-order valence-corrected chi connectivity index (χ3v) is 7.75. The van der Waals surface area contributed by atoms with Gasteiger partial charge in [-0.1, -0.05) is 17.7 Å². The molecule has 2 aromatic carbocycles. The fourth-order valence-corrected chi connectivity index (χ4v) is 5.09. The first-order valence-corrected chi connectivity index (χ1v) is 13.4. The zero-order valence-electron chi connectivity index (χ0n) is 22.2. The van der Waals surface area contributed by atoms with E-state index in [1.807, 2.05) is 10.2 Å². The van der Waals surface area contributed by atoms with E-state index in [0.29, 0.717) is 30.3 Å². The van der Waals surface area contributed by atoms with Crippen molar-refractivity contribution in [3.63, 3.8) is 0 Å². The molecule has 0 unspecified atom stereocenters. The maximum absolute atomic E-state index is 14.9. The van der Waals surface area contributed by atoms with Gasteiger partial charge in [-0.3, -0.25) is 14.5 Å². The molecule has 0 aromatic heterocycles. The van der Waals surface area contributed by atoms with Crippen molar-refractivity contribution >= 4 is 34.8 Å². The van der Waals surface area contributed by atoms with Crippen LogP contribution in [0.15, 0.2) is 30.3 Å². The van der Waals surface area contributed by atoms with Crippen LogP contribution in [0.2, 0.25) is 5.02 Å². The number of hydrogen-bond acceptors (Lipinski definition) is 4. The number of carbonyl (C=O) groups excluding carboxylic acids is 2. The summed E-state index contributed by atoms with van der Waals surface area (Å²) >= 11 is 6.16. The van der Waals surface area contributed by atoms with Crippen molar-refractivity contribution in [2.75, 3.05) is 36.4 Å². The van der Waals surface area contributed by atoms with Crippen molar-refractivity contribution < 1.29 is 44.7 Å². The Morgan fingerprint density at radius 1 is 1.02 bits per heavy atom. The van der Waals surface area contributed by atoms with Crippen LogP contribution in [0.3, 0.4) is 0 Å². The maximum Gasteiger partial charge on any atom is 0.403 e. The maximum atomic E-state index is 14.9.